The van der Waals surface area contributed by atoms with E-state index in [1.807, 2.05) is 25.1 Å². The van der Waals surface area contributed by atoms with Crippen LogP contribution in [0.1, 0.15) is 18.4 Å². The molecule has 1 aromatic rings. The fourth-order valence-corrected chi connectivity index (χ4v) is 2.11. The number of hydrogen-bond acceptors (Lipinski definition) is 4. The number of rotatable bonds is 3. The van der Waals surface area contributed by atoms with Crippen LogP contribution in [0.2, 0.25) is 0 Å². The Balaban J connectivity index is 1.96. The van der Waals surface area contributed by atoms with Crippen molar-refractivity contribution in [2.45, 2.75) is 25.4 Å². The Morgan fingerprint density at radius 2 is 2.06 bits per heavy atom. The van der Waals surface area contributed by atoms with Gasteiger partial charge in [0.2, 0.25) is 0 Å². The summed E-state index contributed by atoms with van der Waals surface area (Å²) in [6.45, 7) is 3.81. The molecule has 17 heavy (non-hydrogen) atoms. The third kappa shape index (κ3) is 3.35. The maximum Gasteiger partial charge on any atom is 0.0863 e. The van der Waals surface area contributed by atoms with Crippen molar-refractivity contribution in [3.63, 3.8) is 0 Å². The molecule has 1 fully saturated rings. The Morgan fingerprint density at radius 1 is 1.35 bits per heavy atom. The van der Waals surface area contributed by atoms with Gasteiger partial charge in [-0.15, -0.1) is 0 Å². The van der Waals surface area contributed by atoms with Gasteiger partial charge in [-0.2, -0.15) is 0 Å². The Labute approximate surface area is 102 Å². The van der Waals surface area contributed by atoms with E-state index < -0.39 is 5.60 Å². The van der Waals surface area contributed by atoms with Gasteiger partial charge in [0.05, 0.1) is 5.60 Å². The molecule has 0 radical (unpaired) electrons. The number of anilines is 2. The molecule has 2 rings (SSSR count). The zero-order chi connectivity index (χ0) is 12.3. The summed E-state index contributed by atoms with van der Waals surface area (Å²) in [4.78, 5) is 0. The second kappa shape index (κ2) is 4.94. The van der Waals surface area contributed by atoms with Gasteiger partial charge in [0.1, 0.15) is 0 Å². The largest absolute Gasteiger partial charge is 0.399 e. The van der Waals surface area contributed by atoms with Crippen LogP contribution in [0.4, 0.5) is 11.4 Å². The van der Waals surface area contributed by atoms with Gasteiger partial charge in [0.15, 0.2) is 0 Å². The molecule has 1 heterocycles. The lowest BCUT2D eigenvalue weighted by atomic mass is 9.94. The summed E-state index contributed by atoms with van der Waals surface area (Å²) >= 11 is 0. The minimum Gasteiger partial charge on any atom is -0.399 e. The molecule has 1 aliphatic heterocycles. The Morgan fingerprint density at radius 3 is 2.71 bits per heavy atom. The first-order chi connectivity index (χ1) is 8.07. The average Bonchev–Trinajstić information content (AvgIpc) is 2.26. The number of aliphatic hydroxyl groups is 1. The maximum atomic E-state index is 10.3. The highest BCUT2D eigenvalue weighted by Gasteiger charge is 2.29. The molecule has 4 nitrogen and oxygen atoms in total. The van der Waals surface area contributed by atoms with Crippen molar-refractivity contribution in [2.75, 3.05) is 30.8 Å². The second-order valence-corrected chi connectivity index (χ2v) is 4.82. The van der Waals surface area contributed by atoms with Crippen molar-refractivity contribution in [1.82, 2.24) is 0 Å². The van der Waals surface area contributed by atoms with Gasteiger partial charge in [0.25, 0.3) is 0 Å². The van der Waals surface area contributed by atoms with E-state index in [1.54, 1.807) is 0 Å². The van der Waals surface area contributed by atoms with Crippen LogP contribution in [-0.4, -0.2) is 30.5 Å². The van der Waals surface area contributed by atoms with E-state index in [0.29, 0.717) is 32.6 Å². The number of nitrogen functional groups attached to an aromatic ring is 1. The number of benzene rings is 1. The van der Waals surface area contributed by atoms with Crippen molar-refractivity contribution in [1.29, 1.82) is 0 Å². The molecule has 1 aliphatic rings. The lowest BCUT2D eigenvalue weighted by Gasteiger charge is -2.32. The maximum absolute atomic E-state index is 10.3. The zero-order valence-corrected chi connectivity index (χ0v) is 10.2. The van der Waals surface area contributed by atoms with Crippen molar-refractivity contribution >= 4 is 11.4 Å². The molecule has 1 saturated heterocycles. The predicted octanol–water partition coefficient (Wildman–Crippen LogP) is 1.53. The van der Waals surface area contributed by atoms with Crippen LogP contribution in [0, 0.1) is 6.92 Å². The molecule has 0 atom stereocenters. The van der Waals surface area contributed by atoms with Gasteiger partial charge in [-0.05, 0) is 30.7 Å². The molecule has 0 spiro atoms. The number of ether oxygens (including phenoxy) is 1. The fourth-order valence-electron chi connectivity index (χ4n) is 2.11. The van der Waals surface area contributed by atoms with Crippen LogP contribution in [-0.2, 0) is 4.74 Å². The second-order valence-electron chi connectivity index (χ2n) is 4.82. The van der Waals surface area contributed by atoms with Crippen molar-refractivity contribution < 1.29 is 9.84 Å². The van der Waals surface area contributed by atoms with Gasteiger partial charge in [0, 0.05) is 44.0 Å². The molecule has 0 unspecified atom stereocenters. The Hall–Kier alpha value is -1.26. The van der Waals surface area contributed by atoms with Gasteiger partial charge in [-0.25, -0.2) is 0 Å². The standard InChI is InChI=1S/C13H20N2O2/c1-10-6-11(14)8-12(7-10)15-9-13(16)2-4-17-5-3-13/h6-8,15-16H,2-5,9,14H2,1H3. The first-order valence-corrected chi connectivity index (χ1v) is 5.99. The normalized spacial score (nSPS) is 18.9. The molecule has 0 aliphatic carbocycles. The quantitative estimate of drug-likeness (QED) is 0.696. The lowest BCUT2D eigenvalue weighted by molar-refractivity contribution is -0.0543. The number of nitrogens with one attached hydrogen (secondary N) is 1. The highest BCUT2D eigenvalue weighted by molar-refractivity contribution is 5.56. The first kappa shape index (κ1) is 12.2. The van der Waals surface area contributed by atoms with Crippen LogP contribution < -0.4 is 11.1 Å². The van der Waals surface area contributed by atoms with Gasteiger partial charge in [-0.3, -0.25) is 0 Å². The van der Waals surface area contributed by atoms with E-state index in [4.69, 9.17) is 10.5 Å². The summed E-state index contributed by atoms with van der Waals surface area (Å²) in [6, 6.07) is 5.84. The molecule has 1 aromatic carbocycles. The first-order valence-electron chi connectivity index (χ1n) is 5.99. The SMILES string of the molecule is Cc1cc(N)cc(NCC2(O)CCOCC2)c1. The van der Waals surface area contributed by atoms with Gasteiger partial charge >= 0.3 is 0 Å². The molecular formula is C13H20N2O2. The molecule has 0 saturated carbocycles. The number of hydrogen-bond donors (Lipinski definition) is 3. The van der Waals surface area contributed by atoms with Crippen molar-refractivity contribution in [2.24, 2.45) is 0 Å². The van der Waals surface area contributed by atoms with E-state index in [1.165, 1.54) is 0 Å². The lowest BCUT2D eigenvalue weighted by Crippen LogP contribution is -2.42. The van der Waals surface area contributed by atoms with Crippen molar-refractivity contribution in [3.05, 3.63) is 23.8 Å². The third-order valence-corrected chi connectivity index (χ3v) is 3.14. The van der Waals surface area contributed by atoms with Crippen LogP contribution in [0.15, 0.2) is 18.2 Å². The summed E-state index contributed by atoms with van der Waals surface area (Å²) in [5.74, 6) is 0. The molecular weight excluding hydrogens is 216 g/mol. The minimum absolute atomic E-state index is 0.541. The predicted molar refractivity (Wildman–Crippen MR) is 69.1 cm³/mol. The summed E-state index contributed by atoms with van der Waals surface area (Å²) in [5.41, 5.74) is 7.94. The minimum atomic E-state index is -0.656. The van der Waals surface area contributed by atoms with E-state index in [9.17, 15) is 5.11 Å². The van der Waals surface area contributed by atoms with Crippen LogP contribution >= 0.6 is 0 Å². The monoisotopic (exact) mass is 236 g/mol. The fraction of sp³-hybridized carbons (Fsp3) is 0.538. The number of nitrogens with two attached hydrogens (primary N) is 1. The molecule has 0 amide bonds. The number of aryl methyl sites for hydroxylation is 1. The highest BCUT2D eigenvalue weighted by atomic mass is 16.5. The summed E-state index contributed by atoms with van der Waals surface area (Å²) in [5, 5.41) is 13.5. The molecule has 0 aromatic heterocycles. The smallest absolute Gasteiger partial charge is 0.0863 e. The Kier molecular flexibility index (Phi) is 3.54. The summed E-state index contributed by atoms with van der Waals surface area (Å²) < 4.78 is 5.25. The molecule has 94 valence electrons. The summed E-state index contributed by atoms with van der Waals surface area (Å²) in [7, 11) is 0. The zero-order valence-electron chi connectivity index (χ0n) is 10.2. The Bertz CT molecular complexity index is 367. The third-order valence-electron chi connectivity index (χ3n) is 3.14. The molecule has 0 bridgehead atoms. The van der Waals surface area contributed by atoms with Crippen LogP contribution in [0.25, 0.3) is 0 Å². The van der Waals surface area contributed by atoms with Crippen LogP contribution in [0.3, 0.4) is 0 Å². The van der Waals surface area contributed by atoms with Crippen LogP contribution in [0.5, 0.6) is 0 Å². The van der Waals surface area contributed by atoms with E-state index in [0.717, 1.165) is 16.9 Å². The molecule has 4 N–H and O–H groups in total. The van der Waals surface area contributed by atoms with Crippen molar-refractivity contribution in [3.8, 4) is 0 Å². The summed E-state index contributed by atoms with van der Waals surface area (Å²) in [6.07, 6.45) is 1.36. The topological polar surface area (TPSA) is 67.5 Å². The van der Waals surface area contributed by atoms with Gasteiger partial charge in [-0.1, -0.05) is 0 Å². The highest BCUT2D eigenvalue weighted by Crippen LogP contribution is 2.22. The van der Waals surface area contributed by atoms with E-state index in [-0.39, 0.29) is 0 Å². The molecule has 4 heteroatoms. The van der Waals surface area contributed by atoms with E-state index in [2.05, 4.69) is 5.32 Å². The average molecular weight is 236 g/mol. The van der Waals surface area contributed by atoms with E-state index >= 15 is 0 Å². The van der Waals surface area contributed by atoms with Gasteiger partial charge < -0.3 is 20.9 Å².